The molecule has 1 spiro atoms. The highest BCUT2D eigenvalue weighted by Crippen LogP contribution is 2.50. The van der Waals surface area contributed by atoms with Gasteiger partial charge in [-0.1, -0.05) is 23.7 Å². The smallest absolute Gasteiger partial charge is 0.192 e. The highest BCUT2D eigenvalue weighted by molar-refractivity contribution is 7.16. The quantitative estimate of drug-likeness (QED) is 0.627. The zero-order valence-corrected chi connectivity index (χ0v) is 16.4. The molecular formula is C20H21ClN2O2S. The molecular weight excluding hydrogens is 368 g/mol. The first-order valence-corrected chi connectivity index (χ1v) is 10.3. The lowest BCUT2D eigenvalue weighted by molar-refractivity contribution is -0.0953. The van der Waals surface area contributed by atoms with Gasteiger partial charge in [-0.15, -0.1) is 11.3 Å². The fourth-order valence-electron chi connectivity index (χ4n) is 4.62. The molecule has 0 bridgehead atoms. The lowest BCUT2D eigenvalue weighted by atomic mass is 9.78. The van der Waals surface area contributed by atoms with E-state index in [1.54, 1.807) is 11.3 Å². The maximum absolute atomic E-state index is 6.45. The van der Waals surface area contributed by atoms with Crippen LogP contribution in [0.25, 0.3) is 11.1 Å². The summed E-state index contributed by atoms with van der Waals surface area (Å²) in [6.45, 7) is 4.88. The summed E-state index contributed by atoms with van der Waals surface area (Å²) in [5, 5.41) is 3.75. The molecule has 3 atom stereocenters. The summed E-state index contributed by atoms with van der Waals surface area (Å²) in [5.41, 5.74) is 4.07. The minimum absolute atomic E-state index is 0.166. The second-order valence-electron chi connectivity index (χ2n) is 7.45. The van der Waals surface area contributed by atoms with E-state index in [4.69, 9.17) is 20.8 Å². The highest BCUT2D eigenvalue weighted by atomic mass is 35.5. The van der Waals surface area contributed by atoms with Gasteiger partial charge in [-0.3, -0.25) is 0 Å². The minimum atomic E-state index is -0.262. The van der Waals surface area contributed by atoms with Crippen molar-refractivity contribution in [3.8, 4) is 0 Å². The van der Waals surface area contributed by atoms with Crippen LogP contribution < -0.4 is 5.32 Å². The predicted molar refractivity (Wildman–Crippen MR) is 104 cm³/mol. The zero-order chi connectivity index (χ0) is 17.9. The molecule has 0 radical (unpaired) electrons. The van der Waals surface area contributed by atoms with Crippen molar-refractivity contribution in [2.24, 2.45) is 0 Å². The van der Waals surface area contributed by atoms with E-state index in [9.17, 15) is 0 Å². The SMILES string of the molecule is Cc1nc2c(C3CC4(CC(C)N3)OCCc3cc(Cl)sc34)cccc2o1. The molecule has 3 unspecified atom stereocenters. The number of rotatable bonds is 1. The van der Waals surface area contributed by atoms with Crippen molar-refractivity contribution in [2.45, 2.75) is 50.8 Å². The maximum Gasteiger partial charge on any atom is 0.192 e. The number of halogens is 1. The molecule has 4 heterocycles. The van der Waals surface area contributed by atoms with Crippen LogP contribution in [0.5, 0.6) is 0 Å². The number of oxazole rings is 1. The summed E-state index contributed by atoms with van der Waals surface area (Å²) in [4.78, 5) is 5.94. The highest BCUT2D eigenvalue weighted by Gasteiger charge is 2.46. The summed E-state index contributed by atoms with van der Waals surface area (Å²) in [6, 6.07) is 8.80. The number of hydrogen-bond donors (Lipinski definition) is 1. The van der Waals surface area contributed by atoms with Crippen LogP contribution >= 0.6 is 22.9 Å². The summed E-state index contributed by atoms with van der Waals surface area (Å²) >= 11 is 8.03. The van der Waals surface area contributed by atoms with Gasteiger partial charge in [0.05, 0.1) is 10.9 Å². The Morgan fingerprint density at radius 1 is 1.35 bits per heavy atom. The van der Waals surface area contributed by atoms with Crippen LogP contribution in [-0.2, 0) is 16.8 Å². The molecule has 2 aliphatic rings. The number of nitrogens with one attached hydrogen (secondary N) is 1. The second-order valence-corrected chi connectivity index (χ2v) is 9.14. The Bertz CT molecular complexity index is 982. The first kappa shape index (κ1) is 16.8. The van der Waals surface area contributed by atoms with Crippen molar-refractivity contribution in [1.29, 1.82) is 0 Å². The Labute approximate surface area is 161 Å². The standard InChI is InChI=1S/C20H21ClN2O2S/c1-11-9-20(19-13(6-7-24-20)8-17(21)26-19)10-15(22-11)14-4-3-5-16-18(14)23-12(2)25-16/h3-5,8,11,15,22H,6-7,9-10H2,1-2H3. The summed E-state index contributed by atoms with van der Waals surface area (Å²) in [7, 11) is 0. The van der Waals surface area contributed by atoms with Crippen molar-refractivity contribution in [1.82, 2.24) is 10.3 Å². The van der Waals surface area contributed by atoms with Gasteiger partial charge in [0.25, 0.3) is 0 Å². The average Bonchev–Trinajstić information content (AvgIpc) is 3.16. The molecule has 4 nitrogen and oxygen atoms in total. The molecule has 2 aromatic heterocycles. The first-order chi connectivity index (χ1) is 12.5. The molecule has 1 aromatic carbocycles. The van der Waals surface area contributed by atoms with Crippen LogP contribution in [0.4, 0.5) is 0 Å². The monoisotopic (exact) mass is 388 g/mol. The number of piperidine rings is 1. The van der Waals surface area contributed by atoms with E-state index in [0.29, 0.717) is 11.9 Å². The summed E-state index contributed by atoms with van der Waals surface area (Å²) < 4.78 is 13.0. The molecule has 0 saturated carbocycles. The molecule has 6 heteroatoms. The molecule has 3 aromatic rings. The molecule has 26 heavy (non-hydrogen) atoms. The van der Waals surface area contributed by atoms with Gasteiger partial charge in [-0.05, 0) is 43.0 Å². The number of fused-ring (bicyclic) bond motifs is 3. The van der Waals surface area contributed by atoms with Crippen LogP contribution in [-0.4, -0.2) is 17.6 Å². The van der Waals surface area contributed by atoms with Gasteiger partial charge >= 0.3 is 0 Å². The third-order valence-corrected chi connectivity index (χ3v) is 7.02. The van der Waals surface area contributed by atoms with Gasteiger partial charge in [0, 0.05) is 30.3 Å². The number of para-hydroxylation sites is 1. The third-order valence-electron chi connectivity index (χ3n) is 5.53. The Morgan fingerprint density at radius 2 is 2.23 bits per heavy atom. The molecule has 2 aliphatic heterocycles. The number of aromatic nitrogens is 1. The average molecular weight is 389 g/mol. The summed E-state index contributed by atoms with van der Waals surface area (Å²) in [5.74, 6) is 0.701. The van der Waals surface area contributed by atoms with E-state index in [1.165, 1.54) is 16.0 Å². The second kappa shape index (κ2) is 6.06. The van der Waals surface area contributed by atoms with Gasteiger partial charge in [0.15, 0.2) is 11.5 Å². The van der Waals surface area contributed by atoms with E-state index in [0.717, 1.165) is 41.3 Å². The fourth-order valence-corrected chi connectivity index (χ4v) is 6.09. The number of thiophene rings is 1. The summed E-state index contributed by atoms with van der Waals surface area (Å²) in [6.07, 6.45) is 2.79. The van der Waals surface area contributed by atoms with Crippen molar-refractivity contribution in [2.75, 3.05) is 6.61 Å². The van der Waals surface area contributed by atoms with Gasteiger partial charge < -0.3 is 14.5 Å². The van der Waals surface area contributed by atoms with E-state index in [2.05, 4.69) is 29.4 Å². The maximum atomic E-state index is 6.45. The van der Waals surface area contributed by atoms with Gasteiger partial charge in [-0.2, -0.15) is 0 Å². The van der Waals surface area contributed by atoms with Crippen molar-refractivity contribution >= 4 is 34.0 Å². The van der Waals surface area contributed by atoms with Crippen molar-refractivity contribution in [3.05, 3.63) is 50.5 Å². The third kappa shape index (κ3) is 2.61. The number of hydrogen-bond acceptors (Lipinski definition) is 5. The topological polar surface area (TPSA) is 47.3 Å². The Morgan fingerprint density at radius 3 is 3.12 bits per heavy atom. The van der Waals surface area contributed by atoms with Gasteiger partial charge in [-0.25, -0.2) is 4.98 Å². The van der Waals surface area contributed by atoms with Crippen molar-refractivity contribution < 1.29 is 9.15 Å². The first-order valence-electron chi connectivity index (χ1n) is 9.09. The molecule has 1 fully saturated rings. The van der Waals surface area contributed by atoms with Crippen molar-refractivity contribution in [3.63, 3.8) is 0 Å². The molecule has 136 valence electrons. The predicted octanol–water partition coefficient (Wildman–Crippen LogP) is 5.13. The van der Waals surface area contributed by atoms with E-state index in [1.807, 2.05) is 19.1 Å². The van der Waals surface area contributed by atoms with E-state index in [-0.39, 0.29) is 11.6 Å². The van der Waals surface area contributed by atoms with Crippen LogP contribution in [0, 0.1) is 6.92 Å². The molecule has 0 amide bonds. The number of benzene rings is 1. The molecule has 1 saturated heterocycles. The fraction of sp³-hybridized carbons (Fsp3) is 0.450. The van der Waals surface area contributed by atoms with Gasteiger partial charge in [0.1, 0.15) is 11.1 Å². The van der Waals surface area contributed by atoms with Crippen LogP contribution in [0.3, 0.4) is 0 Å². The van der Waals surface area contributed by atoms with E-state index < -0.39 is 0 Å². The lowest BCUT2D eigenvalue weighted by Crippen LogP contribution is -2.49. The molecule has 0 aliphatic carbocycles. The van der Waals surface area contributed by atoms with Crippen LogP contribution in [0.15, 0.2) is 28.7 Å². The number of ether oxygens (including phenoxy) is 1. The van der Waals surface area contributed by atoms with E-state index >= 15 is 0 Å². The minimum Gasteiger partial charge on any atom is -0.441 e. The Balaban J connectivity index is 1.60. The normalized spacial score (nSPS) is 28.6. The number of aryl methyl sites for hydroxylation is 1. The Kier molecular flexibility index (Phi) is 3.90. The Hall–Kier alpha value is -1.40. The largest absolute Gasteiger partial charge is 0.441 e. The van der Waals surface area contributed by atoms with Gasteiger partial charge in [0.2, 0.25) is 0 Å². The van der Waals surface area contributed by atoms with Crippen LogP contribution in [0.2, 0.25) is 4.34 Å². The number of nitrogens with zero attached hydrogens (tertiary/aromatic N) is 1. The zero-order valence-electron chi connectivity index (χ0n) is 14.8. The van der Waals surface area contributed by atoms with Crippen LogP contribution in [0.1, 0.15) is 47.7 Å². The lowest BCUT2D eigenvalue weighted by Gasteiger charge is -2.46. The molecule has 1 N–H and O–H groups in total. The molecule has 5 rings (SSSR count).